The van der Waals surface area contributed by atoms with Gasteiger partial charge in [-0.15, -0.1) is 5.10 Å². The van der Waals surface area contributed by atoms with Crippen molar-refractivity contribution in [1.82, 2.24) is 30.6 Å². The Morgan fingerprint density at radius 2 is 2.00 bits per heavy atom. The number of aryl methyl sites for hydroxylation is 1. The lowest BCUT2D eigenvalue weighted by Gasteiger charge is -2.12. The number of carbonyl (C=O) groups excluding carboxylic acids is 1. The summed E-state index contributed by atoms with van der Waals surface area (Å²) in [4.78, 5) is 13.0. The van der Waals surface area contributed by atoms with Crippen molar-refractivity contribution in [2.24, 2.45) is 7.05 Å². The topological polar surface area (TPSA) is 96.2 Å². The first-order valence-corrected chi connectivity index (χ1v) is 8.30. The molecule has 25 heavy (non-hydrogen) atoms. The quantitative estimate of drug-likeness (QED) is 0.478. The van der Waals surface area contributed by atoms with Crippen molar-refractivity contribution in [3.05, 3.63) is 47.8 Å². The molecule has 1 saturated heterocycles. The largest absolute Gasteiger partial charge is 0.303 e. The maximum Gasteiger partial charge on any atom is 0.267 e. The van der Waals surface area contributed by atoms with E-state index in [0.717, 1.165) is 24.4 Å². The second-order valence-electron chi connectivity index (χ2n) is 5.74. The third-order valence-electron chi connectivity index (χ3n) is 3.90. The fourth-order valence-electron chi connectivity index (χ4n) is 2.50. The molecular weight excluding hydrogens is 320 g/mol. The predicted molar refractivity (Wildman–Crippen MR) is 93.6 cm³/mol. The van der Waals surface area contributed by atoms with E-state index in [1.165, 1.54) is 37.5 Å². The molecule has 8 heteroatoms. The average Bonchev–Trinajstić information content (AvgIpc) is 3.31. The number of hydroxylamine groups is 1. The van der Waals surface area contributed by atoms with E-state index < -0.39 is 5.91 Å². The van der Waals surface area contributed by atoms with Gasteiger partial charge in [-0.3, -0.25) is 10.0 Å². The highest BCUT2D eigenvalue weighted by molar-refractivity contribution is 5.90. The van der Waals surface area contributed by atoms with E-state index in [0.29, 0.717) is 0 Å². The van der Waals surface area contributed by atoms with E-state index in [1.54, 1.807) is 10.8 Å². The van der Waals surface area contributed by atoms with Crippen molar-refractivity contribution in [3.8, 4) is 0 Å². The van der Waals surface area contributed by atoms with Gasteiger partial charge in [0, 0.05) is 26.1 Å². The van der Waals surface area contributed by atoms with Crippen molar-refractivity contribution in [2.75, 3.05) is 19.6 Å². The number of benzene rings is 1. The molecule has 1 aliphatic rings. The van der Waals surface area contributed by atoms with Crippen molar-refractivity contribution in [3.63, 3.8) is 0 Å². The summed E-state index contributed by atoms with van der Waals surface area (Å²) in [7, 11) is 1.89. The Morgan fingerprint density at radius 1 is 1.28 bits per heavy atom. The monoisotopic (exact) mass is 344 g/mol. The van der Waals surface area contributed by atoms with Gasteiger partial charge in [0.25, 0.3) is 5.91 Å². The van der Waals surface area contributed by atoms with Crippen molar-refractivity contribution < 1.29 is 10.0 Å². The van der Waals surface area contributed by atoms with E-state index in [9.17, 15) is 4.79 Å². The van der Waals surface area contributed by atoms with Crippen LogP contribution in [0.4, 0.5) is 0 Å². The third-order valence-corrected chi connectivity index (χ3v) is 3.90. The third kappa shape index (κ3) is 6.82. The van der Waals surface area contributed by atoms with Gasteiger partial charge in [0.15, 0.2) is 5.82 Å². The van der Waals surface area contributed by atoms with Gasteiger partial charge < -0.3 is 4.90 Å². The molecule has 1 fully saturated rings. The Hall–Kier alpha value is -2.58. The number of nitrogens with zero attached hydrogens (tertiary/aromatic N) is 5. The van der Waals surface area contributed by atoms with Gasteiger partial charge in [-0.25, -0.2) is 10.2 Å². The van der Waals surface area contributed by atoms with E-state index in [2.05, 4.69) is 20.4 Å². The normalized spacial score (nSPS) is 14.3. The summed E-state index contributed by atoms with van der Waals surface area (Å²) in [5.41, 5.74) is 2.43. The molecule has 0 unspecified atom stereocenters. The highest BCUT2D eigenvalue weighted by Crippen LogP contribution is 2.07. The van der Waals surface area contributed by atoms with Crippen LogP contribution in [0.25, 0.3) is 6.08 Å². The van der Waals surface area contributed by atoms with Crippen molar-refractivity contribution in [1.29, 1.82) is 0 Å². The van der Waals surface area contributed by atoms with Gasteiger partial charge in [0.1, 0.15) is 0 Å². The minimum atomic E-state index is -0.529. The first-order valence-electron chi connectivity index (χ1n) is 8.30. The van der Waals surface area contributed by atoms with Crippen LogP contribution in [0, 0.1) is 0 Å². The number of hydrogen-bond acceptors (Lipinski definition) is 6. The van der Waals surface area contributed by atoms with Crippen LogP contribution in [0.5, 0.6) is 0 Å². The molecule has 2 N–H and O–H groups in total. The standard InChI is InChI=1S/C9H9NO2.C8H15N5/c11-9(10-12)7-6-8-4-2-1-3-5-8;1-12-8(9-10-11-12)4-7-13-5-2-3-6-13/h1-7,12H,(H,10,11);2-7H2,1H3/b7-6+;. The van der Waals surface area contributed by atoms with Crippen molar-refractivity contribution in [2.45, 2.75) is 19.3 Å². The lowest BCUT2D eigenvalue weighted by atomic mass is 10.2. The first kappa shape index (κ1) is 18.8. The Labute approximate surface area is 147 Å². The number of rotatable bonds is 5. The molecule has 1 aromatic carbocycles. The molecule has 1 aromatic heterocycles. The number of nitrogens with one attached hydrogen (secondary N) is 1. The molecule has 134 valence electrons. The molecule has 1 aliphatic heterocycles. The summed E-state index contributed by atoms with van der Waals surface area (Å²) in [6, 6.07) is 9.36. The van der Waals surface area contributed by atoms with Crippen LogP contribution in [0.3, 0.4) is 0 Å². The van der Waals surface area contributed by atoms with Crippen LogP contribution >= 0.6 is 0 Å². The summed E-state index contributed by atoms with van der Waals surface area (Å²) >= 11 is 0. The number of tetrazole rings is 1. The summed E-state index contributed by atoms with van der Waals surface area (Å²) in [5.74, 6) is 0.450. The Bertz CT molecular complexity index is 665. The maximum absolute atomic E-state index is 10.5. The van der Waals surface area contributed by atoms with E-state index in [4.69, 9.17) is 5.21 Å². The van der Waals surface area contributed by atoms with Crippen LogP contribution in [-0.4, -0.2) is 55.9 Å². The molecule has 0 bridgehead atoms. The average molecular weight is 344 g/mol. The van der Waals surface area contributed by atoms with Crippen molar-refractivity contribution >= 4 is 12.0 Å². The zero-order chi connectivity index (χ0) is 17.9. The highest BCUT2D eigenvalue weighted by Gasteiger charge is 2.12. The molecule has 0 aliphatic carbocycles. The van der Waals surface area contributed by atoms with Gasteiger partial charge in [0.2, 0.25) is 0 Å². The van der Waals surface area contributed by atoms with Gasteiger partial charge in [-0.1, -0.05) is 30.3 Å². The summed E-state index contributed by atoms with van der Waals surface area (Å²) in [6.45, 7) is 3.57. The second kappa shape index (κ2) is 10.3. The Balaban J connectivity index is 0.000000181. The molecular formula is C17H24N6O2. The second-order valence-corrected chi connectivity index (χ2v) is 5.74. The van der Waals surface area contributed by atoms with Crippen LogP contribution in [0.1, 0.15) is 24.2 Å². The maximum atomic E-state index is 10.5. The molecule has 8 nitrogen and oxygen atoms in total. The van der Waals surface area contributed by atoms with Gasteiger partial charge in [-0.2, -0.15) is 0 Å². The zero-order valence-corrected chi connectivity index (χ0v) is 14.4. The Kier molecular flexibility index (Phi) is 7.74. The number of carbonyl (C=O) groups is 1. The predicted octanol–water partition coefficient (Wildman–Crippen LogP) is 1.05. The summed E-state index contributed by atoms with van der Waals surface area (Å²) < 4.78 is 1.75. The zero-order valence-electron chi connectivity index (χ0n) is 14.4. The van der Waals surface area contributed by atoms with Crippen LogP contribution in [0.2, 0.25) is 0 Å². The van der Waals surface area contributed by atoms with E-state index in [-0.39, 0.29) is 0 Å². The number of hydrogen-bond donors (Lipinski definition) is 2. The minimum Gasteiger partial charge on any atom is -0.303 e. The highest BCUT2D eigenvalue weighted by atomic mass is 16.5. The van der Waals surface area contributed by atoms with Gasteiger partial charge in [0.05, 0.1) is 0 Å². The molecule has 0 radical (unpaired) electrons. The summed E-state index contributed by atoms with van der Waals surface area (Å²) in [6.07, 6.45) is 6.53. The fourth-order valence-corrected chi connectivity index (χ4v) is 2.50. The number of aromatic nitrogens is 4. The fraction of sp³-hybridized carbons (Fsp3) is 0.412. The van der Waals surface area contributed by atoms with E-state index in [1.807, 2.05) is 37.4 Å². The van der Waals surface area contributed by atoms with Crippen LogP contribution < -0.4 is 5.48 Å². The summed E-state index contributed by atoms with van der Waals surface area (Å²) in [5, 5.41) is 19.5. The first-order chi connectivity index (χ1) is 12.2. The molecule has 0 atom stereocenters. The van der Waals surface area contributed by atoms with Crippen LogP contribution in [0.15, 0.2) is 36.4 Å². The molecule has 1 amide bonds. The van der Waals surface area contributed by atoms with Crippen LogP contribution in [-0.2, 0) is 18.3 Å². The number of likely N-dealkylation sites (tertiary alicyclic amines) is 1. The lowest BCUT2D eigenvalue weighted by molar-refractivity contribution is -0.124. The SMILES string of the molecule is Cn1nnnc1CCN1CCCC1.O=C(/C=C/c1ccccc1)NO. The number of amides is 1. The lowest BCUT2D eigenvalue weighted by Crippen LogP contribution is -2.23. The smallest absolute Gasteiger partial charge is 0.267 e. The molecule has 2 heterocycles. The molecule has 2 aromatic rings. The van der Waals surface area contributed by atoms with E-state index >= 15 is 0 Å². The van der Waals surface area contributed by atoms with Gasteiger partial charge in [-0.05, 0) is 48.0 Å². The molecule has 0 saturated carbocycles. The molecule has 3 rings (SSSR count). The Morgan fingerprint density at radius 3 is 2.60 bits per heavy atom. The van der Waals surface area contributed by atoms with Gasteiger partial charge >= 0.3 is 0 Å². The minimum absolute atomic E-state index is 0.529. The molecule has 0 spiro atoms.